The van der Waals surface area contributed by atoms with E-state index in [1.54, 1.807) is 18.8 Å². The molecule has 0 aromatic heterocycles. The van der Waals surface area contributed by atoms with Gasteiger partial charge in [-0.1, -0.05) is 37.3 Å². The van der Waals surface area contributed by atoms with Crippen molar-refractivity contribution in [3.05, 3.63) is 35.9 Å². The quantitative estimate of drug-likeness (QED) is 0.667. The van der Waals surface area contributed by atoms with Crippen LogP contribution in [0.2, 0.25) is 0 Å². The van der Waals surface area contributed by atoms with E-state index in [1.165, 1.54) is 0 Å². The van der Waals surface area contributed by atoms with Crippen LogP contribution in [0.4, 0.5) is 0 Å². The summed E-state index contributed by atoms with van der Waals surface area (Å²) in [7, 11) is 1.75. The van der Waals surface area contributed by atoms with E-state index in [0.717, 1.165) is 11.3 Å². The molecule has 1 aromatic rings. The second kappa shape index (κ2) is 7.53. The average molecular weight is 282 g/mol. The predicted molar refractivity (Wildman–Crippen MR) is 80.0 cm³/mol. The predicted octanol–water partition coefficient (Wildman–Crippen LogP) is 1.09. The molecule has 0 saturated heterocycles. The van der Waals surface area contributed by atoms with Gasteiger partial charge in [0.25, 0.3) is 0 Å². The van der Waals surface area contributed by atoms with E-state index >= 15 is 0 Å². The first-order valence-electron chi connectivity index (χ1n) is 6.33. The maximum atomic E-state index is 11.9. The summed E-state index contributed by atoms with van der Waals surface area (Å²) in [5.74, 6) is 0.374. The highest BCUT2D eigenvalue weighted by atomic mass is 32.2. The van der Waals surface area contributed by atoms with Crippen molar-refractivity contribution in [1.82, 2.24) is 5.32 Å². The van der Waals surface area contributed by atoms with Crippen molar-refractivity contribution in [1.29, 1.82) is 0 Å². The zero-order chi connectivity index (χ0) is 14.3. The molecule has 0 bridgehead atoms. The molecule has 19 heavy (non-hydrogen) atoms. The van der Waals surface area contributed by atoms with Crippen molar-refractivity contribution in [3.8, 4) is 0 Å². The van der Waals surface area contributed by atoms with E-state index in [2.05, 4.69) is 5.32 Å². The molecular weight excluding hydrogens is 260 g/mol. The SMILES string of the molecule is CNC(CCSC(C)CO)(C(N)=O)c1ccccc1. The molecule has 106 valence electrons. The van der Waals surface area contributed by atoms with Crippen LogP contribution in [0.3, 0.4) is 0 Å². The third kappa shape index (κ3) is 3.96. The molecule has 2 unspecified atom stereocenters. The van der Waals surface area contributed by atoms with Gasteiger partial charge < -0.3 is 16.2 Å². The fraction of sp³-hybridized carbons (Fsp3) is 0.500. The first-order chi connectivity index (χ1) is 9.06. The Labute approximate surface area is 118 Å². The minimum Gasteiger partial charge on any atom is -0.395 e. The first kappa shape index (κ1) is 16.0. The monoisotopic (exact) mass is 282 g/mol. The molecule has 0 spiro atoms. The second-order valence-corrected chi connectivity index (χ2v) is 6.05. The molecule has 0 aliphatic carbocycles. The molecule has 2 atom stereocenters. The van der Waals surface area contributed by atoms with E-state index in [4.69, 9.17) is 10.8 Å². The average Bonchev–Trinajstić information content (AvgIpc) is 2.44. The molecule has 1 amide bonds. The molecule has 4 nitrogen and oxygen atoms in total. The van der Waals surface area contributed by atoms with Gasteiger partial charge in [0.1, 0.15) is 5.54 Å². The van der Waals surface area contributed by atoms with Crippen LogP contribution < -0.4 is 11.1 Å². The van der Waals surface area contributed by atoms with Crippen LogP contribution in [-0.2, 0) is 10.3 Å². The lowest BCUT2D eigenvalue weighted by molar-refractivity contribution is -0.124. The van der Waals surface area contributed by atoms with Gasteiger partial charge in [-0.15, -0.1) is 0 Å². The number of hydrogen-bond acceptors (Lipinski definition) is 4. The number of nitrogens with two attached hydrogens (primary N) is 1. The number of nitrogens with one attached hydrogen (secondary N) is 1. The summed E-state index contributed by atoms with van der Waals surface area (Å²) < 4.78 is 0. The van der Waals surface area contributed by atoms with Gasteiger partial charge in [-0.2, -0.15) is 11.8 Å². The molecule has 0 aliphatic heterocycles. The lowest BCUT2D eigenvalue weighted by Gasteiger charge is -2.31. The lowest BCUT2D eigenvalue weighted by atomic mass is 9.86. The highest BCUT2D eigenvalue weighted by Gasteiger charge is 2.36. The van der Waals surface area contributed by atoms with Gasteiger partial charge in [-0.3, -0.25) is 4.79 Å². The van der Waals surface area contributed by atoms with Crippen molar-refractivity contribution < 1.29 is 9.90 Å². The first-order valence-corrected chi connectivity index (χ1v) is 7.38. The Morgan fingerprint density at radius 1 is 1.47 bits per heavy atom. The van der Waals surface area contributed by atoms with Gasteiger partial charge in [-0.25, -0.2) is 0 Å². The van der Waals surface area contributed by atoms with Crippen LogP contribution in [0.5, 0.6) is 0 Å². The maximum Gasteiger partial charge on any atom is 0.242 e. The maximum absolute atomic E-state index is 11.9. The van der Waals surface area contributed by atoms with Crippen molar-refractivity contribution in [2.75, 3.05) is 19.4 Å². The summed E-state index contributed by atoms with van der Waals surface area (Å²) in [6, 6.07) is 9.51. The number of aliphatic hydroxyl groups excluding tert-OH is 1. The highest BCUT2D eigenvalue weighted by Crippen LogP contribution is 2.27. The van der Waals surface area contributed by atoms with Crippen molar-refractivity contribution in [2.24, 2.45) is 5.73 Å². The number of amides is 1. The largest absolute Gasteiger partial charge is 0.395 e. The standard InChI is InChI=1S/C14H22N2O2S/c1-11(10-17)19-9-8-14(16-2,13(15)18)12-6-4-3-5-7-12/h3-7,11,16-17H,8-10H2,1-2H3,(H2,15,18). The number of carbonyl (C=O) groups excluding carboxylic acids is 1. The molecule has 0 heterocycles. The van der Waals surface area contributed by atoms with Crippen LogP contribution in [0.15, 0.2) is 30.3 Å². The number of likely N-dealkylation sites (N-methyl/N-ethyl adjacent to an activating group) is 1. The molecule has 4 N–H and O–H groups in total. The molecular formula is C14H22N2O2S. The molecule has 0 saturated carbocycles. The number of rotatable bonds is 8. The van der Waals surface area contributed by atoms with Crippen LogP contribution >= 0.6 is 11.8 Å². The summed E-state index contributed by atoms with van der Waals surface area (Å²) in [5.41, 5.74) is 5.64. The van der Waals surface area contributed by atoms with Crippen molar-refractivity contribution in [3.63, 3.8) is 0 Å². The smallest absolute Gasteiger partial charge is 0.242 e. The van der Waals surface area contributed by atoms with Gasteiger partial charge >= 0.3 is 0 Å². The Morgan fingerprint density at radius 3 is 2.58 bits per heavy atom. The lowest BCUT2D eigenvalue weighted by Crippen LogP contribution is -2.51. The number of hydrogen-bond donors (Lipinski definition) is 3. The van der Waals surface area contributed by atoms with Crippen molar-refractivity contribution >= 4 is 17.7 Å². The van der Waals surface area contributed by atoms with Crippen LogP contribution in [0.25, 0.3) is 0 Å². The molecule has 0 aliphatic rings. The van der Waals surface area contributed by atoms with E-state index in [1.807, 2.05) is 37.3 Å². The van der Waals surface area contributed by atoms with Gasteiger partial charge in [0.15, 0.2) is 0 Å². The normalized spacial score (nSPS) is 15.7. The summed E-state index contributed by atoms with van der Waals surface area (Å²) >= 11 is 1.63. The molecule has 1 rings (SSSR count). The zero-order valence-corrected chi connectivity index (χ0v) is 12.2. The number of primary amides is 1. The third-order valence-electron chi connectivity index (χ3n) is 3.25. The minimum absolute atomic E-state index is 0.138. The fourth-order valence-electron chi connectivity index (χ4n) is 1.99. The molecule has 0 radical (unpaired) electrons. The second-order valence-electron chi connectivity index (χ2n) is 4.50. The summed E-state index contributed by atoms with van der Waals surface area (Å²) in [5, 5.41) is 12.3. The Hall–Kier alpha value is -1.04. The van der Waals surface area contributed by atoms with Crippen molar-refractivity contribution in [2.45, 2.75) is 24.1 Å². The van der Waals surface area contributed by atoms with Gasteiger partial charge in [0, 0.05) is 5.25 Å². The Morgan fingerprint density at radius 2 is 2.11 bits per heavy atom. The number of carbonyl (C=O) groups is 1. The topological polar surface area (TPSA) is 75.3 Å². The minimum atomic E-state index is -0.844. The number of thioether (sulfide) groups is 1. The van der Waals surface area contributed by atoms with E-state index < -0.39 is 5.54 Å². The third-order valence-corrected chi connectivity index (χ3v) is 4.41. The Kier molecular flexibility index (Phi) is 6.34. The van der Waals surface area contributed by atoms with Gasteiger partial charge in [0.2, 0.25) is 5.91 Å². The Balaban J connectivity index is 2.85. The van der Waals surface area contributed by atoms with E-state index in [0.29, 0.717) is 6.42 Å². The summed E-state index contributed by atoms with van der Waals surface area (Å²) in [6.07, 6.45) is 0.595. The zero-order valence-electron chi connectivity index (χ0n) is 11.4. The molecule has 0 fully saturated rings. The van der Waals surface area contributed by atoms with Gasteiger partial charge in [0.05, 0.1) is 6.61 Å². The molecule has 1 aromatic carbocycles. The number of benzene rings is 1. The van der Waals surface area contributed by atoms with Gasteiger partial charge in [-0.05, 0) is 24.8 Å². The van der Waals surface area contributed by atoms with E-state index in [9.17, 15) is 4.79 Å². The number of aliphatic hydroxyl groups is 1. The molecule has 5 heteroatoms. The van der Waals surface area contributed by atoms with Crippen LogP contribution in [0.1, 0.15) is 18.9 Å². The van der Waals surface area contributed by atoms with E-state index in [-0.39, 0.29) is 17.8 Å². The van der Waals surface area contributed by atoms with Crippen LogP contribution in [0, 0.1) is 0 Å². The van der Waals surface area contributed by atoms with Crippen LogP contribution in [-0.4, -0.2) is 35.7 Å². The summed E-state index contributed by atoms with van der Waals surface area (Å²) in [6.45, 7) is 2.09. The summed E-state index contributed by atoms with van der Waals surface area (Å²) in [4.78, 5) is 11.9. The highest BCUT2D eigenvalue weighted by molar-refractivity contribution is 7.99. The fourth-order valence-corrected chi connectivity index (χ4v) is 2.92. The Bertz CT molecular complexity index is 400.